The first-order chi connectivity index (χ1) is 6.68. The molecular weight excluding hydrogens is 198 g/mol. The number of aliphatic hydroxyl groups is 1. The Bertz CT molecular complexity index is 435. The van der Waals surface area contributed by atoms with Gasteiger partial charge in [-0.05, 0) is 23.9 Å². The highest BCUT2D eigenvalue weighted by Crippen LogP contribution is 2.28. The molecule has 4 N–H and O–H groups in total. The zero-order valence-corrected chi connectivity index (χ0v) is 8.51. The molecule has 2 heterocycles. The van der Waals surface area contributed by atoms with Crippen LogP contribution >= 0.6 is 11.3 Å². The molecular formula is C9H11N3OS. The molecule has 0 saturated heterocycles. The van der Waals surface area contributed by atoms with Crippen LogP contribution in [-0.4, -0.2) is 15.3 Å². The number of hydrogen-bond donors (Lipinski definition) is 3. The third-order valence-electron chi connectivity index (χ3n) is 2.06. The summed E-state index contributed by atoms with van der Waals surface area (Å²) in [4.78, 5) is 1.17. The lowest BCUT2D eigenvalue weighted by Crippen LogP contribution is -2.00. The average Bonchev–Trinajstić information content (AvgIpc) is 2.73. The molecule has 0 aliphatic heterocycles. The van der Waals surface area contributed by atoms with Crippen molar-refractivity contribution in [2.24, 2.45) is 0 Å². The number of aliphatic hydroxyl groups excluding tert-OH is 1. The van der Waals surface area contributed by atoms with Gasteiger partial charge >= 0.3 is 0 Å². The van der Waals surface area contributed by atoms with Gasteiger partial charge in [0, 0.05) is 10.4 Å². The molecule has 1 unspecified atom stereocenters. The molecule has 0 fully saturated rings. The van der Waals surface area contributed by atoms with Gasteiger partial charge < -0.3 is 10.8 Å². The summed E-state index contributed by atoms with van der Waals surface area (Å²) in [6.07, 6.45) is 0.867. The molecule has 0 spiro atoms. The lowest BCUT2D eigenvalue weighted by atomic mass is 10.1. The van der Waals surface area contributed by atoms with Crippen LogP contribution in [0.5, 0.6) is 0 Å². The zero-order chi connectivity index (χ0) is 10.1. The normalized spacial score (nSPS) is 13.0. The van der Waals surface area contributed by atoms with Gasteiger partial charge in [0.1, 0.15) is 11.9 Å². The van der Waals surface area contributed by atoms with Crippen LogP contribution in [0.25, 0.3) is 0 Å². The van der Waals surface area contributed by atoms with Crippen molar-refractivity contribution in [3.63, 3.8) is 0 Å². The van der Waals surface area contributed by atoms with Crippen LogP contribution in [0.2, 0.25) is 0 Å². The highest BCUT2D eigenvalue weighted by atomic mass is 32.1. The minimum atomic E-state index is -0.682. The summed E-state index contributed by atoms with van der Waals surface area (Å²) in [5, 5.41) is 18.2. The number of nitrogen functional groups attached to an aromatic ring is 1. The van der Waals surface area contributed by atoms with Crippen molar-refractivity contribution in [2.45, 2.75) is 13.0 Å². The van der Waals surface area contributed by atoms with Crippen molar-refractivity contribution < 1.29 is 5.11 Å². The van der Waals surface area contributed by atoms with E-state index in [2.05, 4.69) is 10.2 Å². The number of H-pyrrole nitrogens is 1. The van der Waals surface area contributed by atoms with Gasteiger partial charge in [0.05, 0.1) is 6.20 Å². The van der Waals surface area contributed by atoms with Crippen molar-refractivity contribution in [3.8, 4) is 0 Å². The molecule has 2 aromatic heterocycles. The molecule has 0 bridgehead atoms. The van der Waals surface area contributed by atoms with E-state index in [1.54, 1.807) is 17.5 Å². The van der Waals surface area contributed by atoms with Crippen LogP contribution in [-0.2, 0) is 0 Å². The summed E-state index contributed by atoms with van der Waals surface area (Å²) in [6, 6.07) is 1.95. The van der Waals surface area contributed by atoms with Crippen molar-refractivity contribution in [3.05, 3.63) is 33.6 Å². The quantitative estimate of drug-likeness (QED) is 0.700. The second-order valence-corrected chi connectivity index (χ2v) is 4.25. The van der Waals surface area contributed by atoms with Crippen LogP contribution < -0.4 is 5.73 Å². The molecule has 0 aliphatic carbocycles. The molecule has 0 aliphatic rings. The molecule has 74 valence electrons. The molecule has 1 atom stereocenters. The number of thiophene rings is 1. The molecule has 5 heteroatoms. The van der Waals surface area contributed by atoms with Crippen molar-refractivity contribution in [2.75, 3.05) is 5.73 Å². The number of nitrogens with two attached hydrogens (primary N) is 1. The summed E-state index contributed by atoms with van der Waals surface area (Å²) in [5.41, 5.74) is 7.10. The van der Waals surface area contributed by atoms with Crippen LogP contribution in [0.1, 0.15) is 22.1 Å². The number of anilines is 1. The predicted molar refractivity (Wildman–Crippen MR) is 56.1 cm³/mol. The van der Waals surface area contributed by atoms with Gasteiger partial charge in [0.15, 0.2) is 0 Å². The number of aryl methyl sites for hydroxylation is 1. The monoisotopic (exact) mass is 209 g/mol. The Morgan fingerprint density at radius 3 is 2.93 bits per heavy atom. The average molecular weight is 209 g/mol. The van der Waals surface area contributed by atoms with Gasteiger partial charge in [-0.3, -0.25) is 5.10 Å². The molecule has 0 amide bonds. The summed E-state index contributed by atoms with van der Waals surface area (Å²) in [6.45, 7) is 2.00. The lowest BCUT2D eigenvalue weighted by Gasteiger charge is -2.06. The number of nitrogens with one attached hydrogen (secondary N) is 1. The number of rotatable bonds is 2. The van der Waals surface area contributed by atoms with Crippen LogP contribution in [0.15, 0.2) is 17.6 Å². The van der Waals surface area contributed by atoms with Crippen molar-refractivity contribution in [1.82, 2.24) is 10.2 Å². The number of nitrogens with zero attached hydrogens (tertiary/aromatic N) is 1. The molecule has 0 aromatic carbocycles. The van der Waals surface area contributed by atoms with Crippen LogP contribution in [0.4, 0.5) is 5.82 Å². The van der Waals surface area contributed by atoms with E-state index in [0.717, 1.165) is 5.56 Å². The van der Waals surface area contributed by atoms with E-state index >= 15 is 0 Å². The van der Waals surface area contributed by atoms with E-state index in [1.807, 2.05) is 18.4 Å². The van der Waals surface area contributed by atoms with E-state index in [1.165, 1.54) is 4.88 Å². The second kappa shape index (κ2) is 3.43. The van der Waals surface area contributed by atoms with Crippen LogP contribution in [0.3, 0.4) is 0 Å². The van der Waals surface area contributed by atoms with Crippen molar-refractivity contribution in [1.29, 1.82) is 0 Å². The predicted octanol–water partition coefficient (Wildman–Crippen LogP) is 1.44. The molecule has 2 rings (SSSR count). The second-order valence-electron chi connectivity index (χ2n) is 3.13. The van der Waals surface area contributed by atoms with Gasteiger partial charge in [0.2, 0.25) is 0 Å². The van der Waals surface area contributed by atoms with Gasteiger partial charge in [-0.1, -0.05) is 0 Å². The Hall–Kier alpha value is -1.33. The Morgan fingerprint density at radius 1 is 1.64 bits per heavy atom. The maximum Gasteiger partial charge on any atom is 0.125 e. The molecule has 14 heavy (non-hydrogen) atoms. The van der Waals surface area contributed by atoms with Gasteiger partial charge in [-0.25, -0.2) is 0 Å². The topological polar surface area (TPSA) is 74.9 Å². The maximum atomic E-state index is 9.94. The fourth-order valence-corrected chi connectivity index (χ4v) is 2.03. The van der Waals surface area contributed by atoms with Gasteiger partial charge in [0.25, 0.3) is 0 Å². The number of aromatic nitrogens is 2. The van der Waals surface area contributed by atoms with Crippen molar-refractivity contribution >= 4 is 17.2 Å². The summed E-state index contributed by atoms with van der Waals surface area (Å²) >= 11 is 1.60. The van der Waals surface area contributed by atoms with E-state index in [4.69, 9.17) is 5.73 Å². The summed E-state index contributed by atoms with van der Waals surface area (Å²) in [7, 11) is 0. The standard InChI is InChI=1S/C9H11N3OS/c1-5-2-6(4-14-5)8(13)7-3-11-12-9(7)10/h2-4,8,13H,1H3,(H3,10,11,12). The van der Waals surface area contributed by atoms with E-state index < -0.39 is 6.10 Å². The third-order valence-corrected chi connectivity index (χ3v) is 2.94. The van der Waals surface area contributed by atoms with E-state index in [9.17, 15) is 5.11 Å². The Kier molecular flexibility index (Phi) is 2.26. The highest BCUT2D eigenvalue weighted by Gasteiger charge is 2.15. The molecule has 0 radical (unpaired) electrons. The number of hydrogen-bond acceptors (Lipinski definition) is 4. The van der Waals surface area contributed by atoms with E-state index in [0.29, 0.717) is 11.4 Å². The first-order valence-corrected chi connectivity index (χ1v) is 5.08. The highest BCUT2D eigenvalue weighted by molar-refractivity contribution is 7.10. The number of aromatic amines is 1. The van der Waals surface area contributed by atoms with Crippen LogP contribution in [0, 0.1) is 6.92 Å². The maximum absolute atomic E-state index is 9.94. The first kappa shape index (κ1) is 9.23. The first-order valence-electron chi connectivity index (χ1n) is 4.20. The fourth-order valence-electron chi connectivity index (χ4n) is 1.31. The summed E-state index contributed by atoms with van der Waals surface area (Å²) < 4.78 is 0. The smallest absolute Gasteiger partial charge is 0.125 e. The minimum absolute atomic E-state index is 0.418. The summed E-state index contributed by atoms with van der Waals surface area (Å²) in [5.74, 6) is 0.418. The Morgan fingerprint density at radius 2 is 2.43 bits per heavy atom. The minimum Gasteiger partial charge on any atom is -0.384 e. The van der Waals surface area contributed by atoms with Gasteiger partial charge in [-0.15, -0.1) is 11.3 Å². The largest absolute Gasteiger partial charge is 0.384 e. The molecule has 4 nitrogen and oxygen atoms in total. The Balaban J connectivity index is 2.33. The van der Waals surface area contributed by atoms with Gasteiger partial charge in [-0.2, -0.15) is 5.10 Å². The molecule has 2 aromatic rings. The van der Waals surface area contributed by atoms with E-state index in [-0.39, 0.29) is 0 Å². The molecule has 0 saturated carbocycles. The SMILES string of the molecule is Cc1cc(C(O)c2cn[nH]c2N)cs1. The fraction of sp³-hybridized carbons (Fsp3) is 0.222. The Labute approximate surface area is 85.4 Å². The third kappa shape index (κ3) is 1.51. The zero-order valence-electron chi connectivity index (χ0n) is 7.69. The lowest BCUT2D eigenvalue weighted by molar-refractivity contribution is 0.221.